The summed E-state index contributed by atoms with van der Waals surface area (Å²) in [5.41, 5.74) is 7.80. The standard InChI is InChI=1S/C45H26N4OS/c1-2-11-27(12-3-1)28-21-23-29(24-22-28)43-46-44(36-17-10-16-35-32-15-6-9-20-39(32)51-42(35)36)48-45(47-43)49-37-18-7-4-13-30(37)33-25-26-34-31-14-5-8-19-38(31)50-41(34)40(33)49/h1-26H. The van der Waals surface area contributed by atoms with Crippen LogP contribution in [-0.4, -0.2) is 19.5 Å². The van der Waals surface area contributed by atoms with Gasteiger partial charge < -0.3 is 4.42 Å². The summed E-state index contributed by atoms with van der Waals surface area (Å²) in [4.78, 5) is 15.8. The lowest BCUT2D eigenvalue weighted by Crippen LogP contribution is -2.06. The van der Waals surface area contributed by atoms with E-state index in [-0.39, 0.29) is 0 Å². The SMILES string of the molecule is c1ccc(-c2ccc(-c3nc(-c4cccc5c4sc4ccccc45)nc(-n4c5ccccc5c5ccc6c7ccccc7oc6c54)n3)cc2)cc1. The molecule has 4 heterocycles. The first-order chi connectivity index (χ1) is 25.3. The summed E-state index contributed by atoms with van der Waals surface area (Å²) in [7, 11) is 0. The molecule has 0 bridgehead atoms. The summed E-state index contributed by atoms with van der Waals surface area (Å²) in [5, 5.41) is 6.77. The summed E-state index contributed by atoms with van der Waals surface area (Å²) in [5.74, 6) is 1.77. The van der Waals surface area contributed by atoms with Gasteiger partial charge in [-0.2, -0.15) is 9.97 Å². The van der Waals surface area contributed by atoms with Crippen LogP contribution in [0.25, 0.3) is 104 Å². The Morgan fingerprint density at radius 3 is 2.00 bits per heavy atom. The maximum absolute atomic E-state index is 6.64. The van der Waals surface area contributed by atoms with Crippen molar-refractivity contribution in [1.29, 1.82) is 0 Å². The third-order valence-corrected chi connectivity index (χ3v) is 11.1. The zero-order valence-electron chi connectivity index (χ0n) is 27.1. The smallest absolute Gasteiger partial charge is 0.238 e. The highest BCUT2D eigenvalue weighted by Crippen LogP contribution is 2.42. The molecule has 0 aliphatic heterocycles. The Morgan fingerprint density at radius 2 is 1.12 bits per heavy atom. The van der Waals surface area contributed by atoms with E-state index in [0.29, 0.717) is 17.6 Å². The van der Waals surface area contributed by atoms with Crippen LogP contribution >= 0.6 is 11.3 Å². The number of aromatic nitrogens is 4. The normalized spacial score (nSPS) is 11.9. The molecule has 0 atom stereocenters. The number of benzene rings is 7. The van der Waals surface area contributed by atoms with Crippen molar-refractivity contribution in [2.24, 2.45) is 0 Å². The zero-order valence-corrected chi connectivity index (χ0v) is 27.9. The van der Waals surface area contributed by atoms with E-state index in [1.165, 1.54) is 15.5 Å². The molecule has 51 heavy (non-hydrogen) atoms. The Labute approximate surface area is 295 Å². The van der Waals surface area contributed by atoms with Gasteiger partial charge in [0.15, 0.2) is 17.2 Å². The molecule has 0 saturated carbocycles. The molecule has 0 N–H and O–H groups in total. The fraction of sp³-hybridized carbons (Fsp3) is 0. The predicted octanol–water partition coefficient (Wildman–Crippen LogP) is 12.2. The molecule has 4 aromatic heterocycles. The minimum atomic E-state index is 0.541. The minimum Gasteiger partial charge on any atom is -0.454 e. The molecule has 0 aliphatic carbocycles. The third-order valence-electron chi connectivity index (χ3n) is 9.90. The number of thiophene rings is 1. The fourth-order valence-corrected chi connectivity index (χ4v) is 8.73. The Balaban J connectivity index is 1.22. The molecule has 238 valence electrons. The molecule has 6 heteroatoms. The Bertz CT molecular complexity index is 3140. The number of hydrogen-bond donors (Lipinski definition) is 0. The topological polar surface area (TPSA) is 56.7 Å². The van der Waals surface area contributed by atoms with Gasteiger partial charge >= 0.3 is 0 Å². The van der Waals surface area contributed by atoms with Gasteiger partial charge in [-0.15, -0.1) is 11.3 Å². The van der Waals surface area contributed by atoms with Gasteiger partial charge in [0, 0.05) is 52.8 Å². The van der Waals surface area contributed by atoms with Crippen LogP contribution < -0.4 is 0 Å². The Morgan fingerprint density at radius 1 is 0.451 bits per heavy atom. The number of rotatable bonds is 4. The highest BCUT2D eigenvalue weighted by molar-refractivity contribution is 7.26. The third kappa shape index (κ3) is 4.30. The van der Waals surface area contributed by atoms with Crippen LogP contribution in [0.2, 0.25) is 0 Å². The van der Waals surface area contributed by atoms with E-state index >= 15 is 0 Å². The van der Waals surface area contributed by atoms with Crippen LogP contribution in [0.1, 0.15) is 0 Å². The summed E-state index contributed by atoms with van der Waals surface area (Å²) in [6, 6.07) is 54.9. The highest BCUT2D eigenvalue weighted by atomic mass is 32.1. The van der Waals surface area contributed by atoms with Gasteiger partial charge in [-0.1, -0.05) is 127 Å². The summed E-state index contributed by atoms with van der Waals surface area (Å²) in [6.45, 7) is 0. The molecule has 5 nitrogen and oxygen atoms in total. The average Bonchev–Trinajstić information content (AvgIpc) is 3.88. The van der Waals surface area contributed by atoms with E-state index < -0.39 is 0 Å². The molecule has 11 rings (SSSR count). The van der Waals surface area contributed by atoms with E-state index in [2.05, 4.69) is 144 Å². The van der Waals surface area contributed by atoms with Gasteiger partial charge in [-0.25, -0.2) is 4.98 Å². The minimum absolute atomic E-state index is 0.541. The Kier molecular flexibility index (Phi) is 6.05. The van der Waals surface area contributed by atoms with Crippen molar-refractivity contribution in [1.82, 2.24) is 19.5 Å². The van der Waals surface area contributed by atoms with Gasteiger partial charge in [0.05, 0.1) is 5.52 Å². The van der Waals surface area contributed by atoms with Crippen LogP contribution in [0.15, 0.2) is 162 Å². The van der Waals surface area contributed by atoms with Crippen molar-refractivity contribution in [2.75, 3.05) is 0 Å². The molecular formula is C45H26N4OS. The molecule has 0 spiro atoms. The second-order valence-corrected chi connectivity index (χ2v) is 13.8. The van der Waals surface area contributed by atoms with Crippen molar-refractivity contribution in [2.45, 2.75) is 0 Å². The first kappa shape index (κ1) is 28.2. The van der Waals surface area contributed by atoms with E-state index in [9.17, 15) is 0 Å². The van der Waals surface area contributed by atoms with Gasteiger partial charge in [-0.05, 0) is 41.5 Å². The van der Waals surface area contributed by atoms with E-state index in [4.69, 9.17) is 19.4 Å². The molecule has 0 fully saturated rings. The molecular weight excluding hydrogens is 645 g/mol. The summed E-state index contributed by atoms with van der Waals surface area (Å²) in [6.07, 6.45) is 0. The molecule has 0 amide bonds. The van der Waals surface area contributed by atoms with Crippen molar-refractivity contribution in [3.63, 3.8) is 0 Å². The van der Waals surface area contributed by atoms with E-state index in [1.54, 1.807) is 11.3 Å². The molecule has 0 unspecified atom stereocenters. The number of hydrogen-bond acceptors (Lipinski definition) is 5. The van der Waals surface area contributed by atoms with Crippen molar-refractivity contribution in [3.8, 4) is 39.9 Å². The quantitative estimate of drug-likeness (QED) is 0.187. The number of nitrogens with zero attached hydrogens (tertiary/aromatic N) is 4. The number of para-hydroxylation sites is 2. The second-order valence-electron chi connectivity index (χ2n) is 12.8. The first-order valence-corrected chi connectivity index (χ1v) is 17.8. The summed E-state index contributed by atoms with van der Waals surface area (Å²) < 4.78 is 11.2. The highest BCUT2D eigenvalue weighted by Gasteiger charge is 2.23. The fourth-order valence-electron chi connectivity index (χ4n) is 7.52. The van der Waals surface area contributed by atoms with Crippen LogP contribution in [0, 0.1) is 0 Å². The van der Waals surface area contributed by atoms with Gasteiger partial charge in [0.1, 0.15) is 11.1 Å². The van der Waals surface area contributed by atoms with Crippen LogP contribution in [0.4, 0.5) is 0 Å². The molecule has 0 saturated heterocycles. The molecule has 11 aromatic rings. The van der Waals surface area contributed by atoms with Gasteiger partial charge in [0.2, 0.25) is 5.95 Å². The maximum atomic E-state index is 6.64. The zero-order chi connectivity index (χ0) is 33.5. The molecule has 0 radical (unpaired) electrons. The molecule has 0 aliphatic rings. The van der Waals surface area contributed by atoms with E-state index in [1.807, 2.05) is 18.2 Å². The van der Waals surface area contributed by atoms with Gasteiger partial charge in [0.25, 0.3) is 0 Å². The second kappa shape index (κ2) is 10.9. The van der Waals surface area contributed by atoms with Crippen LogP contribution in [0.5, 0.6) is 0 Å². The largest absolute Gasteiger partial charge is 0.454 e. The molecule has 7 aromatic carbocycles. The lowest BCUT2D eigenvalue weighted by Gasteiger charge is -2.12. The average molecular weight is 671 g/mol. The lowest BCUT2D eigenvalue weighted by molar-refractivity contribution is 0.670. The van der Waals surface area contributed by atoms with E-state index in [0.717, 1.165) is 70.7 Å². The van der Waals surface area contributed by atoms with Gasteiger partial charge in [-0.3, -0.25) is 4.57 Å². The van der Waals surface area contributed by atoms with Crippen molar-refractivity contribution >= 4 is 75.3 Å². The van der Waals surface area contributed by atoms with Crippen LogP contribution in [-0.2, 0) is 0 Å². The lowest BCUT2D eigenvalue weighted by atomic mass is 10.0. The number of fused-ring (bicyclic) bond motifs is 10. The van der Waals surface area contributed by atoms with Crippen LogP contribution in [0.3, 0.4) is 0 Å². The van der Waals surface area contributed by atoms with Crippen molar-refractivity contribution in [3.05, 3.63) is 158 Å². The first-order valence-electron chi connectivity index (χ1n) is 16.9. The monoisotopic (exact) mass is 670 g/mol. The Hall–Kier alpha value is -6.63. The maximum Gasteiger partial charge on any atom is 0.238 e. The summed E-state index contributed by atoms with van der Waals surface area (Å²) >= 11 is 1.77. The predicted molar refractivity (Wildman–Crippen MR) is 211 cm³/mol. The number of furan rings is 1. The van der Waals surface area contributed by atoms with Crippen molar-refractivity contribution < 1.29 is 4.42 Å².